The zero-order valence-corrected chi connectivity index (χ0v) is 13.8. The average Bonchev–Trinajstić information content (AvgIpc) is 2.70. The van der Waals surface area contributed by atoms with Crippen LogP contribution in [-0.4, -0.2) is 15.7 Å². The average molecular weight is 321 g/mol. The van der Waals surface area contributed by atoms with Crippen LogP contribution in [0.1, 0.15) is 30.8 Å². The first kappa shape index (κ1) is 17.1. The maximum Gasteiger partial charge on any atom is 0.229 e. The van der Waals surface area contributed by atoms with Crippen LogP contribution < -0.4 is 5.32 Å². The molecular weight excluding hydrogens is 300 g/mol. The Labute approximate surface area is 134 Å². The van der Waals surface area contributed by atoms with Crippen molar-refractivity contribution in [2.45, 2.75) is 40.7 Å². The molecule has 2 aromatic rings. The molecule has 1 heterocycles. The number of amides is 1. The van der Waals surface area contributed by atoms with Crippen molar-refractivity contribution in [3.63, 3.8) is 0 Å². The smallest absolute Gasteiger partial charge is 0.229 e. The first-order valence-electron chi connectivity index (χ1n) is 7.55. The monoisotopic (exact) mass is 321 g/mol. The second kappa shape index (κ2) is 6.89. The normalized spacial score (nSPS) is 11.1. The van der Waals surface area contributed by atoms with Gasteiger partial charge in [-0.05, 0) is 31.9 Å². The molecule has 0 bridgehead atoms. The number of hydrogen-bond donors (Lipinski definition) is 1. The van der Waals surface area contributed by atoms with E-state index in [-0.39, 0.29) is 12.1 Å². The standard InChI is InChI=1S/C17H21F2N3O/c1-10(2)9-22-12(4)14(11(3)21-22)8-17(23)20-16-7-13(18)5-6-15(16)19/h5-7,10H,8-9H2,1-4H3,(H,20,23). The molecule has 0 aliphatic heterocycles. The molecule has 0 unspecified atom stereocenters. The molecule has 1 aromatic carbocycles. The highest BCUT2D eigenvalue weighted by molar-refractivity contribution is 5.92. The van der Waals surface area contributed by atoms with Crippen LogP contribution in [-0.2, 0) is 17.8 Å². The Morgan fingerprint density at radius 1 is 1.30 bits per heavy atom. The number of carbonyl (C=O) groups is 1. The Balaban J connectivity index is 2.14. The van der Waals surface area contributed by atoms with Crippen LogP contribution in [0.3, 0.4) is 0 Å². The number of anilines is 1. The number of benzene rings is 1. The van der Waals surface area contributed by atoms with Crippen molar-refractivity contribution in [1.29, 1.82) is 0 Å². The second-order valence-electron chi connectivity index (χ2n) is 6.07. The van der Waals surface area contributed by atoms with Crippen LogP contribution in [0.5, 0.6) is 0 Å². The van der Waals surface area contributed by atoms with Crippen molar-refractivity contribution in [2.75, 3.05) is 5.32 Å². The summed E-state index contributed by atoms with van der Waals surface area (Å²) in [6.07, 6.45) is 0.0751. The number of nitrogens with zero attached hydrogens (tertiary/aromatic N) is 2. The summed E-state index contributed by atoms with van der Waals surface area (Å²) in [5.74, 6) is -1.22. The van der Waals surface area contributed by atoms with Gasteiger partial charge in [0.25, 0.3) is 0 Å². The number of carbonyl (C=O) groups excluding carboxylic acids is 1. The molecule has 0 radical (unpaired) electrons. The molecule has 1 N–H and O–H groups in total. The second-order valence-corrected chi connectivity index (χ2v) is 6.07. The third-order valence-electron chi connectivity index (χ3n) is 3.61. The molecule has 1 amide bonds. The Hall–Kier alpha value is -2.24. The summed E-state index contributed by atoms with van der Waals surface area (Å²) in [5.41, 5.74) is 2.36. The van der Waals surface area contributed by atoms with E-state index in [4.69, 9.17) is 0 Å². The molecule has 124 valence electrons. The van der Waals surface area contributed by atoms with Crippen LogP contribution >= 0.6 is 0 Å². The Morgan fingerprint density at radius 3 is 2.65 bits per heavy atom. The zero-order valence-electron chi connectivity index (χ0n) is 13.8. The molecule has 0 fully saturated rings. The van der Waals surface area contributed by atoms with Crippen molar-refractivity contribution in [3.8, 4) is 0 Å². The lowest BCUT2D eigenvalue weighted by atomic mass is 10.1. The van der Waals surface area contributed by atoms with E-state index >= 15 is 0 Å². The fourth-order valence-electron chi connectivity index (χ4n) is 2.46. The predicted molar refractivity (Wildman–Crippen MR) is 85.2 cm³/mol. The van der Waals surface area contributed by atoms with Gasteiger partial charge in [-0.2, -0.15) is 5.10 Å². The molecule has 0 saturated carbocycles. The van der Waals surface area contributed by atoms with Gasteiger partial charge in [0.2, 0.25) is 5.91 Å². The van der Waals surface area contributed by atoms with Gasteiger partial charge < -0.3 is 5.32 Å². The van der Waals surface area contributed by atoms with E-state index in [0.717, 1.165) is 41.7 Å². The quantitative estimate of drug-likeness (QED) is 0.914. The van der Waals surface area contributed by atoms with Crippen LogP contribution in [0, 0.1) is 31.4 Å². The number of halogens is 2. The van der Waals surface area contributed by atoms with Gasteiger partial charge in [0.1, 0.15) is 11.6 Å². The molecule has 0 atom stereocenters. The number of aryl methyl sites for hydroxylation is 1. The zero-order chi connectivity index (χ0) is 17.1. The number of hydrogen-bond acceptors (Lipinski definition) is 2. The van der Waals surface area contributed by atoms with E-state index in [0.29, 0.717) is 5.92 Å². The highest BCUT2D eigenvalue weighted by Gasteiger charge is 2.16. The van der Waals surface area contributed by atoms with Gasteiger partial charge in [0.15, 0.2) is 0 Å². The SMILES string of the molecule is Cc1nn(CC(C)C)c(C)c1CC(=O)Nc1cc(F)ccc1F. The predicted octanol–water partition coefficient (Wildman–Crippen LogP) is 3.62. The van der Waals surface area contributed by atoms with E-state index in [1.165, 1.54) is 0 Å². The maximum absolute atomic E-state index is 13.6. The van der Waals surface area contributed by atoms with Gasteiger partial charge in [-0.1, -0.05) is 13.8 Å². The van der Waals surface area contributed by atoms with Crippen LogP contribution in [0.4, 0.5) is 14.5 Å². The van der Waals surface area contributed by atoms with E-state index < -0.39 is 17.5 Å². The highest BCUT2D eigenvalue weighted by Crippen LogP contribution is 2.18. The highest BCUT2D eigenvalue weighted by atomic mass is 19.1. The van der Waals surface area contributed by atoms with Gasteiger partial charge in [0, 0.05) is 23.9 Å². The topological polar surface area (TPSA) is 46.9 Å². The van der Waals surface area contributed by atoms with Crippen LogP contribution in [0.15, 0.2) is 18.2 Å². The molecule has 0 spiro atoms. The molecular formula is C17H21F2N3O. The minimum absolute atomic E-state index is 0.0751. The summed E-state index contributed by atoms with van der Waals surface area (Å²) in [5, 5.41) is 6.86. The summed E-state index contributed by atoms with van der Waals surface area (Å²) >= 11 is 0. The fraction of sp³-hybridized carbons (Fsp3) is 0.412. The number of nitrogens with one attached hydrogen (secondary N) is 1. The third kappa shape index (κ3) is 4.15. The molecule has 0 saturated heterocycles. The van der Waals surface area contributed by atoms with Gasteiger partial charge in [-0.3, -0.25) is 9.48 Å². The Bertz CT molecular complexity index is 723. The Morgan fingerprint density at radius 2 is 2.00 bits per heavy atom. The summed E-state index contributed by atoms with van der Waals surface area (Å²) in [6, 6.07) is 2.96. The van der Waals surface area contributed by atoms with Crippen LogP contribution in [0.25, 0.3) is 0 Å². The van der Waals surface area contributed by atoms with Crippen LogP contribution in [0.2, 0.25) is 0 Å². The maximum atomic E-state index is 13.6. The van der Waals surface area contributed by atoms with Crippen molar-refractivity contribution >= 4 is 11.6 Å². The minimum Gasteiger partial charge on any atom is -0.323 e. The van der Waals surface area contributed by atoms with Gasteiger partial charge in [0.05, 0.1) is 17.8 Å². The summed E-state index contributed by atoms with van der Waals surface area (Å²) in [4.78, 5) is 12.1. The molecule has 4 nitrogen and oxygen atoms in total. The number of aromatic nitrogens is 2. The first-order chi connectivity index (χ1) is 10.8. The summed E-state index contributed by atoms with van der Waals surface area (Å²) in [7, 11) is 0. The minimum atomic E-state index is -0.663. The Kier molecular flexibility index (Phi) is 5.13. The van der Waals surface area contributed by atoms with Crippen molar-refractivity contribution < 1.29 is 13.6 Å². The van der Waals surface area contributed by atoms with E-state index in [1.54, 1.807) is 0 Å². The van der Waals surface area contributed by atoms with Crippen molar-refractivity contribution in [3.05, 3.63) is 46.8 Å². The molecule has 2 rings (SSSR count). The lowest BCUT2D eigenvalue weighted by Crippen LogP contribution is -2.16. The van der Waals surface area contributed by atoms with Gasteiger partial charge >= 0.3 is 0 Å². The summed E-state index contributed by atoms with van der Waals surface area (Å²) < 4.78 is 28.6. The fourth-order valence-corrected chi connectivity index (χ4v) is 2.46. The summed E-state index contributed by atoms with van der Waals surface area (Å²) in [6.45, 7) is 8.71. The van der Waals surface area contributed by atoms with Crippen molar-refractivity contribution in [2.24, 2.45) is 5.92 Å². The molecule has 6 heteroatoms. The van der Waals surface area contributed by atoms with E-state index in [9.17, 15) is 13.6 Å². The van der Waals surface area contributed by atoms with Gasteiger partial charge in [-0.25, -0.2) is 8.78 Å². The lowest BCUT2D eigenvalue weighted by molar-refractivity contribution is -0.115. The lowest BCUT2D eigenvalue weighted by Gasteiger charge is -2.09. The largest absolute Gasteiger partial charge is 0.323 e. The third-order valence-corrected chi connectivity index (χ3v) is 3.61. The molecule has 0 aliphatic carbocycles. The van der Waals surface area contributed by atoms with Gasteiger partial charge in [-0.15, -0.1) is 0 Å². The van der Waals surface area contributed by atoms with E-state index in [1.807, 2.05) is 18.5 Å². The first-order valence-corrected chi connectivity index (χ1v) is 7.55. The number of rotatable bonds is 5. The van der Waals surface area contributed by atoms with E-state index in [2.05, 4.69) is 24.3 Å². The van der Waals surface area contributed by atoms with Crippen molar-refractivity contribution in [1.82, 2.24) is 9.78 Å². The molecule has 1 aromatic heterocycles. The molecule has 23 heavy (non-hydrogen) atoms. The molecule has 0 aliphatic rings.